The van der Waals surface area contributed by atoms with Gasteiger partial charge < -0.3 is 29.5 Å². The molecule has 0 radical (unpaired) electrons. The molecule has 0 saturated carbocycles. The number of aromatic amines is 1. The van der Waals surface area contributed by atoms with Crippen molar-refractivity contribution in [3.63, 3.8) is 0 Å². The Labute approximate surface area is 255 Å². The number of fused-ring (bicyclic) bond motifs is 4. The summed E-state index contributed by atoms with van der Waals surface area (Å²) in [4.78, 5) is 36.9. The normalized spacial score (nSPS) is 21.9. The zero-order valence-corrected chi connectivity index (χ0v) is 24.7. The van der Waals surface area contributed by atoms with Crippen LogP contribution < -0.4 is 9.64 Å². The Bertz CT molecular complexity index is 1850. The van der Waals surface area contributed by atoms with Gasteiger partial charge in [-0.25, -0.2) is 4.98 Å². The number of aromatic nitrogens is 4. The second kappa shape index (κ2) is 10.8. The molecule has 44 heavy (non-hydrogen) atoms. The van der Waals surface area contributed by atoms with Gasteiger partial charge >= 0.3 is 6.01 Å². The minimum absolute atomic E-state index is 0.0632. The summed E-state index contributed by atoms with van der Waals surface area (Å²) in [5, 5.41) is 13.5. The fourth-order valence-electron chi connectivity index (χ4n) is 7.36. The lowest BCUT2D eigenvalue weighted by Crippen LogP contribution is -2.56. The number of amides is 1. The Balaban J connectivity index is 1.19. The van der Waals surface area contributed by atoms with Crippen LogP contribution in [0, 0.1) is 0 Å². The number of H-pyrrole nitrogens is 1. The van der Waals surface area contributed by atoms with Gasteiger partial charge in [0.1, 0.15) is 18.2 Å². The first-order chi connectivity index (χ1) is 21.5. The number of phenols is 1. The predicted molar refractivity (Wildman–Crippen MR) is 169 cm³/mol. The third-order valence-electron chi connectivity index (χ3n) is 9.60. The summed E-state index contributed by atoms with van der Waals surface area (Å²) in [6.07, 6.45) is 7.53. The van der Waals surface area contributed by atoms with Crippen LogP contribution in [-0.4, -0.2) is 92.2 Å². The number of piperazine rings is 1. The molecule has 5 aromatic rings. The van der Waals surface area contributed by atoms with Gasteiger partial charge in [-0.1, -0.05) is 30.3 Å². The smallest absolute Gasteiger partial charge is 0.319 e. The van der Waals surface area contributed by atoms with Gasteiger partial charge in [0.25, 0.3) is 5.91 Å². The van der Waals surface area contributed by atoms with E-state index in [1.165, 1.54) is 6.42 Å². The number of imidazole rings is 1. The van der Waals surface area contributed by atoms with Gasteiger partial charge in [0, 0.05) is 49.0 Å². The first kappa shape index (κ1) is 26.9. The second-order valence-corrected chi connectivity index (χ2v) is 12.3. The first-order valence-corrected chi connectivity index (χ1v) is 15.5. The molecule has 3 aromatic carbocycles. The highest BCUT2D eigenvalue weighted by molar-refractivity contribution is 6.01. The largest absolute Gasteiger partial charge is 0.508 e. The van der Waals surface area contributed by atoms with E-state index < -0.39 is 0 Å². The number of hydrogen-bond donors (Lipinski definition) is 2. The molecule has 10 heteroatoms. The molecule has 2 N–H and O–H groups in total. The fraction of sp³-hybridized carbons (Fsp3) is 0.353. The topological polar surface area (TPSA) is 111 Å². The lowest BCUT2D eigenvalue weighted by molar-refractivity contribution is 0.0706. The average molecular weight is 590 g/mol. The third-order valence-corrected chi connectivity index (χ3v) is 9.60. The molecule has 0 aliphatic carbocycles. The Morgan fingerprint density at radius 2 is 1.86 bits per heavy atom. The quantitative estimate of drug-likeness (QED) is 0.289. The van der Waals surface area contributed by atoms with E-state index in [4.69, 9.17) is 14.7 Å². The molecule has 8 rings (SSSR count). The number of carbonyl (C=O) groups is 1. The molecule has 5 heterocycles. The number of rotatable bonds is 6. The maximum absolute atomic E-state index is 13.2. The van der Waals surface area contributed by atoms with Crippen LogP contribution in [0.15, 0.2) is 67.0 Å². The monoisotopic (exact) mass is 589 g/mol. The fourth-order valence-corrected chi connectivity index (χ4v) is 7.36. The number of likely N-dealkylation sites (tertiary alicyclic amines) is 2. The minimum atomic E-state index is -0.0632. The zero-order valence-electron chi connectivity index (χ0n) is 24.7. The van der Waals surface area contributed by atoms with Gasteiger partial charge in [-0.15, -0.1) is 0 Å². The minimum Gasteiger partial charge on any atom is -0.508 e. The number of ether oxygens (including phenoxy) is 1. The molecule has 224 valence electrons. The van der Waals surface area contributed by atoms with Gasteiger partial charge in [0.15, 0.2) is 5.82 Å². The Kier molecular flexibility index (Phi) is 6.59. The van der Waals surface area contributed by atoms with E-state index in [-0.39, 0.29) is 23.7 Å². The van der Waals surface area contributed by atoms with Crippen molar-refractivity contribution >= 4 is 33.4 Å². The third kappa shape index (κ3) is 4.70. The van der Waals surface area contributed by atoms with E-state index in [0.717, 1.165) is 64.4 Å². The van der Waals surface area contributed by atoms with Crippen molar-refractivity contribution in [2.24, 2.45) is 0 Å². The zero-order chi connectivity index (χ0) is 29.8. The Morgan fingerprint density at radius 3 is 2.64 bits per heavy atom. The van der Waals surface area contributed by atoms with Crippen LogP contribution in [0.1, 0.15) is 36.3 Å². The van der Waals surface area contributed by atoms with E-state index >= 15 is 0 Å². The number of hydrogen-bond acceptors (Lipinski definition) is 8. The summed E-state index contributed by atoms with van der Waals surface area (Å²) < 4.78 is 6.33. The van der Waals surface area contributed by atoms with Crippen molar-refractivity contribution in [2.75, 3.05) is 38.2 Å². The lowest BCUT2D eigenvalue weighted by atomic mass is 9.97. The number of carbonyl (C=O) groups excluding carboxylic acids is 1. The molecule has 3 atom stereocenters. The maximum atomic E-state index is 13.2. The van der Waals surface area contributed by atoms with Crippen molar-refractivity contribution in [3.05, 3.63) is 72.8 Å². The highest BCUT2D eigenvalue weighted by Gasteiger charge is 2.43. The second-order valence-electron chi connectivity index (χ2n) is 12.3. The summed E-state index contributed by atoms with van der Waals surface area (Å²) in [7, 11) is 2.14. The van der Waals surface area contributed by atoms with Crippen LogP contribution in [0.5, 0.6) is 11.8 Å². The van der Waals surface area contributed by atoms with Crippen molar-refractivity contribution in [3.8, 4) is 22.9 Å². The van der Waals surface area contributed by atoms with Crippen LogP contribution in [0.4, 0.5) is 5.82 Å². The molecule has 2 aromatic heterocycles. The molecule has 0 spiro atoms. The number of benzene rings is 3. The summed E-state index contributed by atoms with van der Waals surface area (Å²) >= 11 is 0. The molecule has 1 amide bonds. The highest BCUT2D eigenvalue weighted by Crippen LogP contribution is 2.40. The van der Waals surface area contributed by atoms with E-state index in [2.05, 4.69) is 51.1 Å². The van der Waals surface area contributed by atoms with Gasteiger partial charge in [-0.05, 0) is 85.4 Å². The number of phenolic OH excluding ortho intramolecular Hbond substituents is 1. The first-order valence-electron chi connectivity index (χ1n) is 15.5. The standard InChI is InChI=1S/C34H35N7O3/c1-39-14-4-6-25(39)20-44-34-37-30-16-22(29-17-26(42)15-21-5-2-3-7-27(21)29)8-11-28(30)32(38-34)41-23-9-10-24(41)19-40(18-23)33(43)31-35-12-13-36-31/h2-3,5,7-8,11-13,15-17,23-25,42H,4,6,9-10,14,18-20H2,1H3,(H,35,36)/t23?,24?,25-/m0/s1. The van der Waals surface area contributed by atoms with Crippen molar-refractivity contribution in [2.45, 2.75) is 43.8 Å². The van der Waals surface area contributed by atoms with Crippen molar-refractivity contribution in [1.82, 2.24) is 29.7 Å². The predicted octanol–water partition coefficient (Wildman–Crippen LogP) is 4.85. The summed E-state index contributed by atoms with van der Waals surface area (Å²) in [5.41, 5.74) is 2.71. The van der Waals surface area contributed by atoms with Crippen LogP contribution in [0.2, 0.25) is 0 Å². The number of aromatic hydroxyl groups is 1. The van der Waals surface area contributed by atoms with E-state index in [1.54, 1.807) is 18.5 Å². The lowest BCUT2D eigenvalue weighted by Gasteiger charge is -2.41. The molecule has 2 unspecified atom stereocenters. The van der Waals surface area contributed by atoms with Crippen LogP contribution >= 0.6 is 0 Å². The SMILES string of the molecule is CN1CCC[C@H]1COc1nc(N2C3CCC2CN(C(=O)c2ncc[nH]2)C3)c2ccc(-c3cc(O)cc4ccccc34)cc2n1. The van der Waals surface area contributed by atoms with E-state index in [9.17, 15) is 9.90 Å². The number of anilines is 1. The van der Waals surface area contributed by atoms with Gasteiger partial charge in [-0.3, -0.25) is 4.79 Å². The summed E-state index contributed by atoms with van der Waals surface area (Å²) in [6, 6.07) is 18.9. The molecule has 3 fully saturated rings. The number of nitrogens with zero attached hydrogens (tertiary/aromatic N) is 6. The molecule has 3 aliphatic heterocycles. The van der Waals surface area contributed by atoms with Gasteiger partial charge in [0.2, 0.25) is 0 Å². The Hall–Kier alpha value is -4.70. The molecule has 3 saturated heterocycles. The highest BCUT2D eigenvalue weighted by atomic mass is 16.5. The van der Waals surface area contributed by atoms with Gasteiger partial charge in [-0.2, -0.15) is 9.97 Å². The van der Waals surface area contributed by atoms with E-state index in [0.29, 0.717) is 37.6 Å². The summed E-state index contributed by atoms with van der Waals surface area (Å²) in [6.45, 7) is 2.83. The van der Waals surface area contributed by atoms with Crippen LogP contribution in [0.3, 0.4) is 0 Å². The summed E-state index contributed by atoms with van der Waals surface area (Å²) in [5.74, 6) is 1.40. The molecular weight excluding hydrogens is 554 g/mol. The molecule has 10 nitrogen and oxygen atoms in total. The molecule has 3 aliphatic rings. The molecular formula is C34H35N7O3. The maximum Gasteiger partial charge on any atom is 0.319 e. The van der Waals surface area contributed by atoms with E-state index in [1.807, 2.05) is 29.2 Å². The Morgan fingerprint density at radius 1 is 1.02 bits per heavy atom. The van der Waals surface area contributed by atoms with Crippen LogP contribution in [-0.2, 0) is 0 Å². The molecule has 2 bridgehead atoms. The number of nitrogens with one attached hydrogen (secondary N) is 1. The van der Waals surface area contributed by atoms with Gasteiger partial charge in [0.05, 0.1) is 5.52 Å². The van der Waals surface area contributed by atoms with Crippen molar-refractivity contribution in [1.29, 1.82) is 0 Å². The van der Waals surface area contributed by atoms with Crippen LogP contribution in [0.25, 0.3) is 32.8 Å². The number of likely N-dealkylation sites (N-methyl/N-ethyl adjacent to an activating group) is 1. The average Bonchev–Trinajstić information content (AvgIpc) is 3.78. The van der Waals surface area contributed by atoms with Crippen molar-refractivity contribution < 1.29 is 14.6 Å².